The van der Waals surface area contributed by atoms with Gasteiger partial charge in [-0.2, -0.15) is 0 Å². The largest absolute Gasteiger partial charge is 0.469 e. The summed E-state index contributed by atoms with van der Waals surface area (Å²) in [7, 11) is 0. The van der Waals surface area contributed by atoms with Crippen molar-refractivity contribution in [3.05, 3.63) is 23.7 Å². The Morgan fingerprint density at radius 2 is 2.39 bits per heavy atom. The van der Waals surface area contributed by atoms with E-state index in [9.17, 15) is 4.79 Å². The standard InChI is InChI=1S/C13H20N2O3/c1-3-10-8(5-6-18-10)13(16)15-12-9(14)7-11(12)17-4-2/h5-6,9,11-12H,3-4,7,14H2,1-2H3,(H,15,16). The van der Waals surface area contributed by atoms with Crippen LogP contribution in [0.1, 0.15) is 36.4 Å². The van der Waals surface area contributed by atoms with Gasteiger partial charge >= 0.3 is 0 Å². The summed E-state index contributed by atoms with van der Waals surface area (Å²) < 4.78 is 10.8. The fourth-order valence-electron chi connectivity index (χ4n) is 2.27. The number of ether oxygens (including phenoxy) is 1. The van der Waals surface area contributed by atoms with E-state index in [1.165, 1.54) is 6.26 Å². The molecule has 100 valence electrons. The Labute approximate surface area is 107 Å². The van der Waals surface area contributed by atoms with E-state index in [0.29, 0.717) is 24.4 Å². The van der Waals surface area contributed by atoms with Crippen LogP contribution in [0, 0.1) is 0 Å². The third-order valence-corrected chi connectivity index (χ3v) is 3.36. The first kappa shape index (κ1) is 13.1. The van der Waals surface area contributed by atoms with E-state index >= 15 is 0 Å². The van der Waals surface area contributed by atoms with Crippen LogP contribution in [0.25, 0.3) is 0 Å². The molecule has 5 nitrogen and oxygen atoms in total. The second-order valence-electron chi connectivity index (χ2n) is 4.50. The monoisotopic (exact) mass is 252 g/mol. The van der Waals surface area contributed by atoms with E-state index in [0.717, 1.165) is 6.42 Å². The first-order valence-corrected chi connectivity index (χ1v) is 6.41. The molecule has 3 atom stereocenters. The van der Waals surface area contributed by atoms with Crippen molar-refractivity contribution in [3.8, 4) is 0 Å². The van der Waals surface area contributed by atoms with Crippen LogP contribution in [0.2, 0.25) is 0 Å². The Hall–Kier alpha value is -1.33. The molecule has 1 aromatic heterocycles. The molecule has 0 saturated heterocycles. The zero-order chi connectivity index (χ0) is 13.1. The fraction of sp³-hybridized carbons (Fsp3) is 0.615. The van der Waals surface area contributed by atoms with Crippen molar-refractivity contribution in [1.29, 1.82) is 0 Å². The summed E-state index contributed by atoms with van der Waals surface area (Å²) in [6, 6.07) is 1.56. The fourth-order valence-corrected chi connectivity index (χ4v) is 2.27. The third-order valence-electron chi connectivity index (χ3n) is 3.36. The molecule has 3 unspecified atom stereocenters. The molecular weight excluding hydrogens is 232 g/mol. The molecule has 1 aromatic rings. The van der Waals surface area contributed by atoms with Crippen molar-refractivity contribution in [2.45, 2.75) is 44.9 Å². The number of furan rings is 1. The number of hydrogen-bond acceptors (Lipinski definition) is 4. The zero-order valence-electron chi connectivity index (χ0n) is 10.8. The van der Waals surface area contributed by atoms with Crippen LogP contribution in [-0.4, -0.2) is 30.7 Å². The summed E-state index contributed by atoms with van der Waals surface area (Å²) >= 11 is 0. The highest BCUT2D eigenvalue weighted by molar-refractivity contribution is 5.95. The van der Waals surface area contributed by atoms with Gasteiger partial charge < -0.3 is 20.2 Å². The molecule has 0 aromatic carbocycles. The Morgan fingerprint density at radius 1 is 1.61 bits per heavy atom. The Morgan fingerprint density at radius 3 is 3.00 bits per heavy atom. The van der Waals surface area contributed by atoms with Crippen LogP contribution in [-0.2, 0) is 11.2 Å². The van der Waals surface area contributed by atoms with Crippen molar-refractivity contribution in [2.24, 2.45) is 5.73 Å². The summed E-state index contributed by atoms with van der Waals surface area (Å²) in [6.45, 7) is 4.53. The van der Waals surface area contributed by atoms with Crippen LogP contribution in [0.15, 0.2) is 16.7 Å². The van der Waals surface area contributed by atoms with Gasteiger partial charge in [-0.25, -0.2) is 0 Å². The molecule has 0 aliphatic heterocycles. The highest BCUT2D eigenvalue weighted by atomic mass is 16.5. The van der Waals surface area contributed by atoms with E-state index in [1.54, 1.807) is 6.07 Å². The molecule has 1 fully saturated rings. The smallest absolute Gasteiger partial charge is 0.255 e. The van der Waals surface area contributed by atoms with Crippen LogP contribution in [0.4, 0.5) is 0 Å². The average molecular weight is 252 g/mol. The molecule has 1 amide bonds. The van der Waals surface area contributed by atoms with E-state index in [-0.39, 0.29) is 24.1 Å². The lowest BCUT2D eigenvalue weighted by Crippen LogP contribution is -2.64. The van der Waals surface area contributed by atoms with Crippen molar-refractivity contribution in [1.82, 2.24) is 5.32 Å². The van der Waals surface area contributed by atoms with Crippen LogP contribution >= 0.6 is 0 Å². The van der Waals surface area contributed by atoms with Crippen LogP contribution in [0.5, 0.6) is 0 Å². The number of amides is 1. The van der Waals surface area contributed by atoms with Gasteiger partial charge in [0.25, 0.3) is 5.91 Å². The van der Waals surface area contributed by atoms with E-state index < -0.39 is 0 Å². The van der Waals surface area contributed by atoms with E-state index in [1.807, 2.05) is 13.8 Å². The predicted octanol–water partition coefficient (Wildman–Crippen LogP) is 1.08. The third kappa shape index (κ3) is 2.42. The van der Waals surface area contributed by atoms with E-state index in [2.05, 4.69) is 5.32 Å². The minimum Gasteiger partial charge on any atom is -0.469 e. The lowest BCUT2D eigenvalue weighted by atomic mass is 9.83. The summed E-state index contributed by atoms with van der Waals surface area (Å²) in [6.07, 6.45) is 3.06. The summed E-state index contributed by atoms with van der Waals surface area (Å²) in [5.41, 5.74) is 6.49. The van der Waals surface area contributed by atoms with Crippen molar-refractivity contribution < 1.29 is 13.9 Å². The maximum Gasteiger partial charge on any atom is 0.255 e. The highest BCUT2D eigenvalue weighted by Crippen LogP contribution is 2.23. The summed E-state index contributed by atoms with van der Waals surface area (Å²) in [4.78, 5) is 12.1. The molecule has 0 spiro atoms. The molecule has 0 bridgehead atoms. The van der Waals surface area contributed by atoms with Gasteiger partial charge in [0.1, 0.15) is 5.76 Å². The minimum absolute atomic E-state index is 0.0255. The topological polar surface area (TPSA) is 77.5 Å². The number of hydrogen-bond donors (Lipinski definition) is 2. The Bertz CT molecular complexity index is 414. The molecule has 3 N–H and O–H groups in total. The predicted molar refractivity (Wildman–Crippen MR) is 67.3 cm³/mol. The Balaban J connectivity index is 1.98. The van der Waals surface area contributed by atoms with Crippen LogP contribution in [0.3, 0.4) is 0 Å². The summed E-state index contributed by atoms with van der Waals surface area (Å²) in [5.74, 6) is 0.568. The number of aryl methyl sites for hydroxylation is 1. The van der Waals surface area contributed by atoms with Gasteiger partial charge in [0, 0.05) is 19.1 Å². The second kappa shape index (κ2) is 5.54. The van der Waals surface area contributed by atoms with Gasteiger partial charge in [0.05, 0.1) is 24.0 Å². The van der Waals surface area contributed by atoms with Gasteiger partial charge in [-0.15, -0.1) is 0 Å². The van der Waals surface area contributed by atoms with Gasteiger partial charge in [0.2, 0.25) is 0 Å². The van der Waals surface area contributed by atoms with Gasteiger partial charge in [0.15, 0.2) is 0 Å². The average Bonchev–Trinajstić information content (AvgIpc) is 2.83. The molecule has 1 heterocycles. The Kier molecular flexibility index (Phi) is 4.04. The maximum absolute atomic E-state index is 12.1. The molecule has 5 heteroatoms. The van der Waals surface area contributed by atoms with Gasteiger partial charge in [-0.1, -0.05) is 6.92 Å². The number of rotatable bonds is 5. The lowest BCUT2D eigenvalue weighted by molar-refractivity contribution is -0.0300. The minimum atomic E-state index is -0.134. The number of nitrogens with two attached hydrogens (primary N) is 1. The quantitative estimate of drug-likeness (QED) is 0.822. The number of carbonyl (C=O) groups is 1. The molecular formula is C13H20N2O3. The molecule has 18 heavy (non-hydrogen) atoms. The van der Waals surface area contributed by atoms with Crippen molar-refractivity contribution in [2.75, 3.05) is 6.61 Å². The maximum atomic E-state index is 12.1. The van der Waals surface area contributed by atoms with Crippen molar-refractivity contribution in [3.63, 3.8) is 0 Å². The molecule has 0 radical (unpaired) electrons. The molecule has 2 rings (SSSR count). The van der Waals surface area contributed by atoms with Gasteiger partial charge in [-0.3, -0.25) is 4.79 Å². The molecule has 1 saturated carbocycles. The van der Waals surface area contributed by atoms with Crippen molar-refractivity contribution >= 4 is 5.91 Å². The first-order chi connectivity index (χ1) is 8.67. The SMILES string of the molecule is CCOC1CC(N)C1NC(=O)c1ccoc1CC. The van der Waals surface area contributed by atoms with E-state index in [4.69, 9.17) is 14.9 Å². The second-order valence-corrected chi connectivity index (χ2v) is 4.50. The summed E-state index contributed by atoms with van der Waals surface area (Å²) in [5, 5.41) is 2.93. The van der Waals surface area contributed by atoms with Gasteiger partial charge in [-0.05, 0) is 19.4 Å². The van der Waals surface area contributed by atoms with Crippen LogP contribution < -0.4 is 11.1 Å². The number of nitrogens with one attached hydrogen (secondary N) is 1. The zero-order valence-corrected chi connectivity index (χ0v) is 10.8. The first-order valence-electron chi connectivity index (χ1n) is 6.41. The lowest BCUT2D eigenvalue weighted by Gasteiger charge is -2.42. The molecule has 1 aliphatic rings. The highest BCUT2D eigenvalue weighted by Gasteiger charge is 2.40. The number of carbonyl (C=O) groups excluding carboxylic acids is 1. The molecule has 1 aliphatic carbocycles. The normalized spacial score (nSPS) is 26.7.